The molecule has 0 atom stereocenters. The predicted molar refractivity (Wildman–Crippen MR) is 91.0 cm³/mol. The molecule has 114 valence electrons. The molecule has 0 radical (unpaired) electrons. The first kappa shape index (κ1) is 15.9. The Labute approximate surface area is 133 Å². The zero-order chi connectivity index (χ0) is 16.1. The van der Waals surface area contributed by atoms with Gasteiger partial charge in [0.1, 0.15) is 4.99 Å². The van der Waals surface area contributed by atoms with E-state index in [1.54, 1.807) is 49.5 Å². The van der Waals surface area contributed by atoms with Gasteiger partial charge in [-0.15, -0.1) is 0 Å². The van der Waals surface area contributed by atoms with E-state index in [1.807, 2.05) is 0 Å². The highest BCUT2D eigenvalue weighted by Crippen LogP contribution is 2.11. The number of aromatic nitrogens is 1. The van der Waals surface area contributed by atoms with Crippen LogP contribution in [0, 0.1) is 6.92 Å². The Hall–Kier alpha value is -2.47. The summed E-state index contributed by atoms with van der Waals surface area (Å²) >= 11 is 4.90. The Morgan fingerprint density at radius 1 is 1.32 bits per heavy atom. The van der Waals surface area contributed by atoms with Gasteiger partial charge in [-0.25, -0.2) is 0 Å². The van der Waals surface area contributed by atoms with Crippen molar-refractivity contribution >= 4 is 28.8 Å². The van der Waals surface area contributed by atoms with Crippen LogP contribution in [-0.4, -0.2) is 15.5 Å². The summed E-state index contributed by atoms with van der Waals surface area (Å²) in [7, 11) is 0. The number of carbonyl (C=O) groups excluding carboxylic acids is 1. The lowest BCUT2D eigenvalue weighted by Crippen LogP contribution is -2.24. The van der Waals surface area contributed by atoms with Crippen LogP contribution in [-0.2, 0) is 11.3 Å². The molecule has 3 N–H and O–H groups in total. The lowest BCUT2D eigenvalue weighted by molar-refractivity contribution is -0.116. The highest BCUT2D eigenvalue weighted by Gasteiger charge is 2.06. The summed E-state index contributed by atoms with van der Waals surface area (Å²) in [6.07, 6.45) is 1.89. The SMILES string of the molecule is Cc1cccn(CCC(=O)Nc2cccc(C(N)=S)c2)c1=O. The maximum absolute atomic E-state index is 12.0. The van der Waals surface area contributed by atoms with Gasteiger partial charge in [-0.05, 0) is 25.1 Å². The fourth-order valence-electron chi connectivity index (χ4n) is 2.03. The van der Waals surface area contributed by atoms with Crippen molar-refractivity contribution in [2.24, 2.45) is 5.73 Å². The minimum atomic E-state index is -0.173. The number of nitrogens with one attached hydrogen (secondary N) is 1. The molecule has 0 fully saturated rings. The third-order valence-electron chi connectivity index (χ3n) is 3.22. The van der Waals surface area contributed by atoms with Crippen LogP contribution in [0.2, 0.25) is 0 Å². The zero-order valence-electron chi connectivity index (χ0n) is 12.2. The summed E-state index contributed by atoms with van der Waals surface area (Å²) in [5.41, 5.74) is 7.47. The Balaban J connectivity index is 1.99. The van der Waals surface area contributed by atoms with Crippen molar-refractivity contribution < 1.29 is 4.79 Å². The van der Waals surface area contributed by atoms with E-state index in [-0.39, 0.29) is 22.9 Å². The Kier molecular flexibility index (Phi) is 5.06. The molecule has 6 heteroatoms. The van der Waals surface area contributed by atoms with Crippen molar-refractivity contribution in [3.05, 3.63) is 64.1 Å². The Morgan fingerprint density at radius 2 is 2.09 bits per heavy atom. The summed E-state index contributed by atoms with van der Waals surface area (Å²) in [5.74, 6) is -0.173. The number of anilines is 1. The molecule has 0 unspecified atom stereocenters. The molecule has 0 bridgehead atoms. The highest BCUT2D eigenvalue weighted by molar-refractivity contribution is 7.80. The first-order chi connectivity index (χ1) is 10.5. The fraction of sp³-hybridized carbons (Fsp3) is 0.188. The third kappa shape index (κ3) is 4.02. The second kappa shape index (κ2) is 7.00. The molecular weight excluding hydrogens is 298 g/mol. The molecule has 1 amide bonds. The number of carbonyl (C=O) groups is 1. The first-order valence-electron chi connectivity index (χ1n) is 6.83. The monoisotopic (exact) mass is 315 g/mol. The molecule has 0 aliphatic carbocycles. The third-order valence-corrected chi connectivity index (χ3v) is 3.46. The Morgan fingerprint density at radius 3 is 2.82 bits per heavy atom. The number of nitrogens with two attached hydrogens (primary N) is 1. The number of rotatable bonds is 5. The number of nitrogens with zero attached hydrogens (tertiary/aromatic N) is 1. The molecule has 1 aromatic carbocycles. The number of hydrogen-bond acceptors (Lipinski definition) is 3. The number of thiocarbonyl (C=S) groups is 1. The average molecular weight is 315 g/mol. The number of hydrogen-bond donors (Lipinski definition) is 2. The number of pyridine rings is 1. The van der Waals surface area contributed by atoms with Crippen molar-refractivity contribution in [3.63, 3.8) is 0 Å². The van der Waals surface area contributed by atoms with Crippen LogP contribution >= 0.6 is 12.2 Å². The average Bonchev–Trinajstić information content (AvgIpc) is 2.49. The Bertz CT molecular complexity index is 768. The van der Waals surface area contributed by atoms with E-state index in [0.29, 0.717) is 23.4 Å². The quantitative estimate of drug-likeness (QED) is 0.825. The van der Waals surface area contributed by atoms with Crippen molar-refractivity contribution in [2.75, 3.05) is 5.32 Å². The maximum atomic E-state index is 12.0. The van der Waals surface area contributed by atoms with Gasteiger partial charge in [-0.3, -0.25) is 9.59 Å². The summed E-state index contributed by atoms with van der Waals surface area (Å²) in [6.45, 7) is 2.08. The van der Waals surface area contributed by atoms with Crippen molar-refractivity contribution in [2.45, 2.75) is 19.9 Å². The zero-order valence-corrected chi connectivity index (χ0v) is 13.0. The van der Waals surface area contributed by atoms with E-state index in [4.69, 9.17) is 18.0 Å². The van der Waals surface area contributed by atoms with Crippen LogP contribution in [0.1, 0.15) is 17.5 Å². The van der Waals surface area contributed by atoms with Gasteiger partial charge < -0.3 is 15.6 Å². The highest BCUT2D eigenvalue weighted by atomic mass is 32.1. The fourth-order valence-corrected chi connectivity index (χ4v) is 2.16. The second-order valence-corrected chi connectivity index (χ2v) is 5.37. The normalized spacial score (nSPS) is 10.2. The van der Waals surface area contributed by atoms with Gasteiger partial charge >= 0.3 is 0 Å². The minimum absolute atomic E-state index is 0.0780. The van der Waals surface area contributed by atoms with Crippen molar-refractivity contribution in [3.8, 4) is 0 Å². The summed E-state index contributed by atoms with van der Waals surface area (Å²) in [5, 5.41) is 2.77. The van der Waals surface area contributed by atoms with E-state index in [1.165, 1.54) is 4.57 Å². The van der Waals surface area contributed by atoms with Crippen LogP contribution in [0.5, 0.6) is 0 Å². The van der Waals surface area contributed by atoms with Crippen molar-refractivity contribution in [1.82, 2.24) is 4.57 Å². The lowest BCUT2D eigenvalue weighted by atomic mass is 10.2. The molecular formula is C16H17N3O2S. The summed E-state index contributed by atoms with van der Waals surface area (Å²) in [4.78, 5) is 24.1. The van der Waals surface area contributed by atoms with Gasteiger partial charge in [0.15, 0.2) is 0 Å². The lowest BCUT2D eigenvalue weighted by Gasteiger charge is -2.08. The molecule has 0 saturated carbocycles. The first-order valence-corrected chi connectivity index (χ1v) is 7.24. The van der Waals surface area contributed by atoms with E-state index in [2.05, 4.69) is 5.32 Å². The van der Waals surface area contributed by atoms with Crippen LogP contribution in [0.25, 0.3) is 0 Å². The van der Waals surface area contributed by atoms with Gasteiger partial charge in [-0.2, -0.15) is 0 Å². The van der Waals surface area contributed by atoms with E-state index >= 15 is 0 Å². The van der Waals surface area contributed by atoms with E-state index in [0.717, 1.165) is 0 Å². The topological polar surface area (TPSA) is 77.1 Å². The van der Waals surface area contributed by atoms with Gasteiger partial charge in [0.25, 0.3) is 5.56 Å². The minimum Gasteiger partial charge on any atom is -0.389 e. The predicted octanol–water partition coefficient (Wildman–Crippen LogP) is 1.82. The molecule has 2 aromatic rings. The standard InChI is InChI=1S/C16H17N3O2S/c1-11-4-3-8-19(16(11)21)9-7-14(20)18-13-6-2-5-12(10-13)15(17)22/h2-6,8,10H,7,9H2,1H3,(H2,17,22)(H,18,20). The number of amides is 1. The van der Waals surface area contributed by atoms with Gasteiger partial charge in [0.2, 0.25) is 5.91 Å². The molecule has 1 heterocycles. The molecule has 1 aromatic heterocycles. The number of aryl methyl sites for hydroxylation is 2. The van der Waals surface area contributed by atoms with Crippen LogP contribution < -0.4 is 16.6 Å². The molecule has 0 aliphatic heterocycles. The maximum Gasteiger partial charge on any atom is 0.253 e. The smallest absolute Gasteiger partial charge is 0.253 e. The van der Waals surface area contributed by atoms with Crippen molar-refractivity contribution in [1.29, 1.82) is 0 Å². The molecule has 2 rings (SSSR count). The second-order valence-electron chi connectivity index (χ2n) is 4.93. The molecule has 0 saturated heterocycles. The summed E-state index contributed by atoms with van der Waals surface area (Å²) < 4.78 is 1.53. The van der Waals surface area contributed by atoms with Gasteiger partial charge in [-0.1, -0.05) is 30.4 Å². The van der Waals surface area contributed by atoms with Crippen LogP contribution in [0.4, 0.5) is 5.69 Å². The molecule has 0 spiro atoms. The van der Waals surface area contributed by atoms with E-state index in [9.17, 15) is 9.59 Å². The van der Waals surface area contributed by atoms with Crippen LogP contribution in [0.3, 0.4) is 0 Å². The molecule has 5 nitrogen and oxygen atoms in total. The molecule has 0 aliphatic rings. The summed E-state index contributed by atoms with van der Waals surface area (Å²) in [6, 6.07) is 10.6. The molecule has 22 heavy (non-hydrogen) atoms. The number of benzene rings is 1. The largest absolute Gasteiger partial charge is 0.389 e. The van der Waals surface area contributed by atoms with E-state index < -0.39 is 0 Å². The van der Waals surface area contributed by atoms with Gasteiger partial charge in [0, 0.05) is 36.0 Å². The van der Waals surface area contributed by atoms with Crippen LogP contribution in [0.15, 0.2) is 47.4 Å². The van der Waals surface area contributed by atoms with Gasteiger partial charge in [0.05, 0.1) is 0 Å².